The summed E-state index contributed by atoms with van der Waals surface area (Å²) in [4.78, 5) is 10.5. The predicted octanol–water partition coefficient (Wildman–Crippen LogP) is -0.0745. The fourth-order valence-corrected chi connectivity index (χ4v) is 1.37. The van der Waals surface area contributed by atoms with Crippen molar-refractivity contribution >= 4 is 6.29 Å². The average molecular weight is 248 g/mol. The third-order valence-corrected chi connectivity index (χ3v) is 2.25. The zero-order valence-electron chi connectivity index (χ0n) is 9.51. The molecule has 1 aromatic heterocycles. The molecule has 1 heterocycles. The summed E-state index contributed by atoms with van der Waals surface area (Å²) in [6.45, 7) is 0.389. The second-order valence-corrected chi connectivity index (χ2v) is 3.68. The van der Waals surface area contributed by atoms with Crippen LogP contribution in [0.25, 0.3) is 0 Å². The number of hydrogen-bond donors (Lipinski definition) is 1. The highest BCUT2D eigenvalue weighted by Gasteiger charge is 2.07. The van der Waals surface area contributed by atoms with Crippen molar-refractivity contribution in [2.45, 2.75) is 12.6 Å². The van der Waals surface area contributed by atoms with Crippen molar-refractivity contribution in [3.63, 3.8) is 0 Å². The van der Waals surface area contributed by atoms with E-state index in [2.05, 4.69) is 15.5 Å². The van der Waals surface area contributed by atoms with Crippen LogP contribution in [-0.2, 0) is 6.54 Å². The van der Waals surface area contributed by atoms with E-state index in [1.165, 1.54) is 11.0 Å². The minimum atomic E-state index is -0.709. The molecule has 94 valence electrons. The number of carbonyl (C=O) groups excluding carboxylic acids is 1. The van der Waals surface area contributed by atoms with E-state index < -0.39 is 6.10 Å². The van der Waals surface area contributed by atoms with Gasteiger partial charge in [0.05, 0.1) is 6.54 Å². The number of hydrogen-bond acceptors (Lipinski definition) is 6. The van der Waals surface area contributed by atoms with E-state index in [0.29, 0.717) is 11.3 Å². The lowest BCUT2D eigenvalue weighted by Crippen LogP contribution is -2.23. The zero-order chi connectivity index (χ0) is 12.8. The van der Waals surface area contributed by atoms with Gasteiger partial charge in [-0.2, -0.15) is 0 Å². The largest absolute Gasteiger partial charge is 0.491 e. The van der Waals surface area contributed by atoms with Gasteiger partial charge in [-0.25, -0.2) is 4.68 Å². The van der Waals surface area contributed by atoms with Gasteiger partial charge in [-0.3, -0.25) is 4.79 Å². The van der Waals surface area contributed by atoms with E-state index in [-0.39, 0.29) is 13.2 Å². The Balaban J connectivity index is 1.81. The van der Waals surface area contributed by atoms with Crippen molar-refractivity contribution in [2.75, 3.05) is 6.61 Å². The molecule has 0 saturated heterocycles. The van der Waals surface area contributed by atoms with Crippen LogP contribution in [0.3, 0.4) is 0 Å². The molecule has 2 rings (SSSR count). The number of aromatic nitrogens is 4. The van der Waals surface area contributed by atoms with Crippen LogP contribution >= 0.6 is 0 Å². The lowest BCUT2D eigenvalue weighted by atomic mass is 10.2. The highest BCUT2D eigenvalue weighted by molar-refractivity contribution is 5.74. The van der Waals surface area contributed by atoms with Gasteiger partial charge in [0, 0.05) is 5.56 Å². The SMILES string of the molecule is O=Cc1ccc(OC[C@H](O)Cn2cnnn2)cc1. The first-order chi connectivity index (χ1) is 8.78. The first-order valence-electron chi connectivity index (χ1n) is 5.35. The molecule has 0 aliphatic rings. The summed E-state index contributed by atoms with van der Waals surface area (Å²) < 4.78 is 6.79. The number of aldehydes is 1. The van der Waals surface area contributed by atoms with E-state index in [1.54, 1.807) is 24.3 Å². The minimum Gasteiger partial charge on any atom is -0.491 e. The number of tetrazole rings is 1. The molecule has 7 nitrogen and oxygen atoms in total. The Kier molecular flexibility index (Phi) is 3.98. The minimum absolute atomic E-state index is 0.125. The summed E-state index contributed by atoms with van der Waals surface area (Å²) in [6.07, 6.45) is 1.47. The molecule has 0 radical (unpaired) electrons. The first-order valence-corrected chi connectivity index (χ1v) is 5.35. The maximum atomic E-state index is 10.5. The van der Waals surface area contributed by atoms with E-state index in [0.717, 1.165) is 6.29 Å². The van der Waals surface area contributed by atoms with E-state index in [9.17, 15) is 9.90 Å². The molecule has 0 fully saturated rings. The van der Waals surface area contributed by atoms with Crippen molar-refractivity contribution in [3.05, 3.63) is 36.2 Å². The van der Waals surface area contributed by atoms with Crippen molar-refractivity contribution < 1.29 is 14.6 Å². The van der Waals surface area contributed by atoms with Crippen LogP contribution in [0.15, 0.2) is 30.6 Å². The van der Waals surface area contributed by atoms with E-state index in [1.807, 2.05) is 0 Å². The fourth-order valence-electron chi connectivity index (χ4n) is 1.37. The molecule has 0 aliphatic heterocycles. The molecule has 0 spiro atoms. The second-order valence-electron chi connectivity index (χ2n) is 3.68. The molecule has 0 aliphatic carbocycles. The molecule has 0 saturated carbocycles. The molecule has 2 aromatic rings. The number of aliphatic hydroxyl groups excluding tert-OH is 1. The monoisotopic (exact) mass is 248 g/mol. The molecule has 1 aromatic carbocycles. The molecular formula is C11H12N4O3. The number of rotatable bonds is 6. The molecular weight excluding hydrogens is 236 g/mol. The van der Waals surface area contributed by atoms with Gasteiger partial charge in [0.2, 0.25) is 0 Å². The molecule has 0 amide bonds. The van der Waals surface area contributed by atoms with Gasteiger partial charge in [0.25, 0.3) is 0 Å². The van der Waals surface area contributed by atoms with E-state index >= 15 is 0 Å². The molecule has 0 unspecified atom stereocenters. The quantitative estimate of drug-likeness (QED) is 0.719. The summed E-state index contributed by atoms with van der Waals surface area (Å²) in [7, 11) is 0. The van der Waals surface area contributed by atoms with Gasteiger partial charge in [-0.15, -0.1) is 5.10 Å². The highest BCUT2D eigenvalue weighted by atomic mass is 16.5. The number of nitrogens with zero attached hydrogens (tertiary/aromatic N) is 4. The highest BCUT2D eigenvalue weighted by Crippen LogP contribution is 2.11. The Morgan fingerprint density at radius 1 is 1.39 bits per heavy atom. The maximum absolute atomic E-state index is 10.5. The Morgan fingerprint density at radius 3 is 2.78 bits per heavy atom. The number of aliphatic hydroxyl groups is 1. The third kappa shape index (κ3) is 3.36. The standard InChI is InChI=1S/C11H12N4O3/c16-6-9-1-3-11(4-2-9)18-7-10(17)5-15-8-12-13-14-15/h1-4,6,8,10,17H,5,7H2/t10-/m1/s1. The second kappa shape index (κ2) is 5.87. The van der Waals surface area contributed by atoms with Crippen LogP contribution in [0.1, 0.15) is 10.4 Å². The molecule has 1 atom stereocenters. The molecule has 0 bridgehead atoms. The van der Waals surface area contributed by atoms with Crippen molar-refractivity contribution in [1.82, 2.24) is 20.2 Å². The van der Waals surface area contributed by atoms with Crippen molar-refractivity contribution in [3.8, 4) is 5.75 Å². The fraction of sp³-hybridized carbons (Fsp3) is 0.273. The Hall–Kier alpha value is -2.28. The number of benzene rings is 1. The summed E-state index contributed by atoms with van der Waals surface area (Å²) in [5.74, 6) is 0.594. The predicted molar refractivity (Wildman–Crippen MR) is 61.1 cm³/mol. The van der Waals surface area contributed by atoms with Crippen molar-refractivity contribution in [2.24, 2.45) is 0 Å². The smallest absolute Gasteiger partial charge is 0.150 e. The van der Waals surface area contributed by atoms with Gasteiger partial charge in [0.15, 0.2) is 0 Å². The normalized spacial score (nSPS) is 12.1. The molecule has 7 heteroatoms. The summed E-state index contributed by atoms with van der Waals surface area (Å²) in [6, 6.07) is 6.65. The van der Waals surface area contributed by atoms with Crippen LogP contribution in [0.4, 0.5) is 0 Å². The lowest BCUT2D eigenvalue weighted by molar-refractivity contribution is 0.0887. The Bertz CT molecular complexity index is 483. The van der Waals surface area contributed by atoms with Crippen LogP contribution in [0, 0.1) is 0 Å². The van der Waals surface area contributed by atoms with Crippen molar-refractivity contribution in [1.29, 1.82) is 0 Å². The zero-order valence-corrected chi connectivity index (χ0v) is 9.51. The number of carbonyl (C=O) groups is 1. The summed E-state index contributed by atoms with van der Waals surface area (Å²) >= 11 is 0. The Labute approximate surface area is 103 Å². The average Bonchev–Trinajstić information content (AvgIpc) is 2.90. The molecule has 1 N–H and O–H groups in total. The Morgan fingerprint density at radius 2 is 2.17 bits per heavy atom. The molecule has 18 heavy (non-hydrogen) atoms. The van der Waals surface area contributed by atoms with Gasteiger partial charge < -0.3 is 9.84 Å². The topological polar surface area (TPSA) is 90.1 Å². The van der Waals surface area contributed by atoms with Gasteiger partial charge in [0.1, 0.15) is 31.1 Å². The van der Waals surface area contributed by atoms with Crippen LogP contribution < -0.4 is 4.74 Å². The van der Waals surface area contributed by atoms with Gasteiger partial charge in [-0.05, 0) is 34.7 Å². The van der Waals surface area contributed by atoms with Crippen LogP contribution in [-0.4, -0.2) is 44.3 Å². The maximum Gasteiger partial charge on any atom is 0.150 e. The van der Waals surface area contributed by atoms with E-state index in [4.69, 9.17) is 4.74 Å². The summed E-state index contributed by atoms with van der Waals surface area (Å²) in [5, 5.41) is 20.2. The third-order valence-electron chi connectivity index (χ3n) is 2.25. The van der Waals surface area contributed by atoms with Crippen LogP contribution in [0.5, 0.6) is 5.75 Å². The number of ether oxygens (including phenoxy) is 1. The van der Waals surface area contributed by atoms with Crippen LogP contribution in [0.2, 0.25) is 0 Å². The van der Waals surface area contributed by atoms with Gasteiger partial charge >= 0.3 is 0 Å². The summed E-state index contributed by atoms with van der Waals surface area (Å²) in [5.41, 5.74) is 0.580. The van der Waals surface area contributed by atoms with Gasteiger partial charge in [-0.1, -0.05) is 0 Å². The first kappa shape index (κ1) is 12.2. The lowest BCUT2D eigenvalue weighted by Gasteiger charge is -2.11.